The van der Waals surface area contributed by atoms with Crippen LogP contribution in [0.15, 0.2) is 36.4 Å². The van der Waals surface area contributed by atoms with Crippen LogP contribution in [0.2, 0.25) is 0 Å². The normalized spacial score (nSPS) is 11.3. The number of alkyl halides is 3. The Bertz CT molecular complexity index is 833. The lowest BCUT2D eigenvalue weighted by molar-refractivity contribution is -0.385. The van der Waals surface area contributed by atoms with Crippen molar-refractivity contribution in [1.29, 1.82) is 0 Å². The van der Waals surface area contributed by atoms with E-state index >= 15 is 0 Å². The molecule has 9 heteroatoms. The Labute approximate surface area is 145 Å². The van der Waals surface area contributed by atoms with Crippen LogP contribution in [0.3, 0.4) is 0 Å². The summed E-state index contributed by atoms with van der Waals surface area (Å²) in [6.07, 6.45) is -4.17. The monoisotopic (exact) mass is 370 g/mol. The molecule has 0 fully saturated rings. The Morgan fingerprint density at radius 2 is 1.81 bits per heavy atom. The smallest absolute Gasteiger partial charge is 0.352 e. The molecule has 0 radical (unpaired) electrons. The summed E-state index contributed by atoms with van der Waals surface area (Å²) in [7, 11) is 0. The van der Waals surface area contributed by atoms with Crippen molar-refractivity contribution in [2.45, 2.75) is 19.5 Å². The molecule has 0 atom stereocenters. The topological polar surface area (TPSA) is 72.2 Å². The van der Waals surface area contributed by atoms with E-state index in [0.717, 1.165) is 24.3 Å². The minimum absolute atomic E-state index is 0.0769. The van der Waals surface area contributed by atoms with E-state index in [4.69, 9.17) is 0 Å². The number of carbonyl (C=O) groups excluding carboxylic acids is 1. The van der Waals surface area contributed by atoms with Crippen LogP contribution < -0.4 is 5.32 Å². The first-order chi connectivity index (χ1) is 12.1. The van der Waals surface area contributed by atoms with Gasteiger partial charge in [0.1, 0.15) is 5.82 Å². The average molecular weight is 370 g/mol. The third-order valence-electron chi connectivity index (χ3n) is 3.76. The molecule has 0 spiro atoms. The molecule has 0 bridgehead atoms. The van der Waals surface area contributed by atoms with E-state index in [0.29, 0.717) is 5.56 Å². The maximum absolute atomic E-state index is 13.7. The quantitative estimate of drug-likeness (QED) is 0.491. The number of carbonyl (C=O) groups is 1. The summed E-state index contributed by atoms with van der Waals surface area (Å²) in [6.45, 7) is 1.31. The number of hydrogen-bond donors (Lipinski definition) is 1. The van der Waals surface area contributed by atoms with Gasteiger partial charge in [0.25, 0.3) is 11.6 Å². The fraction of sp³-hybridized carbons (Fsp3) is 0.235. The molecule has 0 unspecified atom stereocenters. The van der Waals surface area contributed by atoms with Crippen molar-refractivity contribution in [2.24, 2.45) is 0 Å². The molecule has 2 rings (SSSR count). The highest BCUT2D eigenvalue weighted by Crippen LogP contribution is 2.29. The highest BCUT2D eigenvalue weighted by molar-refractivity contribution is 5.95. The van der Waals surface area contributed by atoms with Crippen molar-refractivity contribution in [3.8, 4) is 0 Å². The Kier molecular flexibility index (Phi) is 5.59. The number of nitrogens with zero attached hydrogens (tertiary/aromatic N) is 1. The molecule has 5 nitrogen and oxygen atoms in total. The second-order valence-corrected chi connectivity index (χ2v) is 5.56. The van der Waals surface area contributed by atoms with Crippen LogP contribution in [0, 0.1) is 22.9 Å². The van der Waals surface area contributed by atoms with Gasteiger partial charge in [0, 0.05) is 18.2 Å². The van der Waals surface area contributed by atoms with Crippen molar-refractivity contribution in [1.82, 2.24) is 5.32 Å². The molecule has 0 heterocycles. The van der Waals surface area contributed by atoms with Crippen molar-refractivity contribution in [2.75, 3.05) is 6.54 Å². The first kappa shape index (κ1) is 19.4. The number of benzene rings is 2. The van der Waals surface area contributed by atoms with E-state index in [1.165, 1.54) is 19.1 Å². The molecule has 1 N–H and O–H groups in total. The molecule has 0 aliphatic heterocycles. The zero-order chi connectivity index (χ0) is 19.5. The molecule has 138 valence electrons. The first-order valence-corrected chi connectivity index (χ1v) is 7.48. The molecule has 2 aromatic rings. The van der Waals surface area contributed by atoms with Crippen molar-refractivity contribution < 1.29 is 27.3 Å². The number of nitro groups is 1. The summed E-state index contributed by atoms with van der Waals surface area (Å²) < 4.78 is 51.1. The highest BCUT2D eigenvalue weighted by Gasteiger charge is 2.29. The third-order valence-corrected chi connectivity index (χ3v) is 3.76. The lowest BCUT2D eigenvalue weighted by atomic mass is 10.1. The Balaban J connectivity index is 2.00. The van der Waals surface area contributed by atoms with Gasteiger partial charge in [0.2, 0.25) is 0 Å². The third kappa shape index (κ3) is 4.56. The lowest BCUT2D eigenvalue weighted by Gasteiger charge is -2.09. The molecule has 0 saturated heterocycles. The number of rotatable bonds is 5. The van der Waals surface area contributed by atoms with Gasteiger partial charge in [-0.15, -0.1) is 0 Å². The highest BCUT2D eigenvalue weighted by atomic mass is 19.4. The minimum Gasteiger partial charge on any atom is -0.352 e. The van der Waals surface area contributed by atoms with Gasteiger partial charge in [-0.2, -0.15) is 13.2 Å². The fourth-order valence-corrected chi connectivity index (χ4v) is 2.27. The summed E-state index contributed by atoms with van der Waals surface area (Å²) in [5.41, 5.74) is -1.08. The minimum atomic E-state index is -4.42. The van der Waals surface area contributed by atoms with Gasteiger partial charge in [-0.1, -0.05) is 12.1 Å². The largest absolute Gasteiger partial charge is 0.416 e. The molecule has 26 heavy (non-hydrogen) atoms. The van der Waals surface area contributed by atoms with Crippen molar-refractivity contribution in [3.63, 3.8) is 0 Å². The van der Waals surface area contributed by atoms with Gasteiger partial charge in [-0.05, 0) is 37.1 Å². The fourth-order valence-electron chi connectivity index (χ4n) is 2.27. The van der Waals surface area contributed by atoms with Gasteiger partial charge in [0.05, 0.1) is 16.1 Å². The Hall–Kier alpha value is -2.97. The molecular weight excluding hydrogens is 356 g/mol. The van der Waals surface area contributed by atoms with Gasteiger partial charge < -0.3 is 5.32 Å². The average Bonchev–Trinajstić information content (AvgIpc) is 2.56. The second kappa shape index (κ2) is 7.51. The Morgan fingerprint density at radius 3 is 2.35 bits per heavy atom. The van der Waals surface area contributed by atoms with E-state index < -0.39 is 34.1 Å². The molecular formula is C17H14F4N2O3. The van der Waals surface area contributed by atoms with Crippen LogP contribution in [-0.4, -0.2) is 17.4 Å². The van der Waals surface area contributed by atoms with E-state index in [2.05, 4.69) is 5.32 Å². The summed E-state index contributed by atoms with van der Waals surface area (Å²) in [6, 6.07) is 6.35. The van der Waals surface area contributed by atoms with Crippen LogP contribution in [0.1, 0.15) is 27.0 Å². The summed E-state index contributed by atoms with van der Waals surface area (Å²) in [4.78, 5) is 22.1. The van der Waals surface area contributed by atoms with Crippen molar-refractivity contribution in [3.05, 3.63) is 74.6 Å². The SMILES string of the molecule is Cc1c(F)cc(C(=O)NCCc2ccc(C(F)(F)F)cc2)cc1[N+](=O)[O-]. The maximum atomic E-state index is 13.7. The van der Waals surface area contributed by atoms with Gasteiger partial charge in [-0.25, -0.2) is 4.39 Å². The van der Waals surface area contributed by atoms with Gasteiger partial charge in [0.15, 0.2) is 0 Å². The predicted octanol–water partition coefficient (Wildman–Crippen LogP) is 4.03. The van der Waals surface area contributed by atoms with Crippen LogP contribution in [0.25, 0.3) is 0 Å². The van der Waals surface area contributed by atoms with Crippen LogP contribution in [-0.2, 0) is 12.6 Å². The van der Waals surface area contributed by atoms with Crippen LogP contribution in [0.4, 0.5) is 23.2 Å². The molecule has 0 aliphatic rings. The number of amides is 1. The number of halogens is 4. The molecule has 2 aromatic carbocycles. The zero-order valence-electron chi connectivity index (χ0n) is 13.6. The van der Waals surface area contributed by atoms with Gasteiger partial charge in [-0.3, -0.25) is 14.9 Å². The zero-order valence-corrected chi connectivity index (χ0v) is 13.6. The standard InChI is InChI=1S/C17H14F4N2O3/c1-10-14(18)8-12(9-15(10)23(25)26)16(24)22-7-6-11-2-4-13(5-3-11)17(19,20)21/h2-5,8-9H,6-7H2,1H3,(H,22,24). The lowest BCUT2D eigenvalue weighted by Crippen LogP contribution is -2.26. The summed E-state index contributed by atoms with van der Waals surface area (Å²) >= 11 is 0. The molecule has 0 aromatic heterocycles. The molecule has 0 saturated carbocycles. The first-order valence-electron chi connectivity index (χ1n) is 7.48. The maximum Gasteiger partial charge on any atom is 0.416 e. The van der Waals surface area contributed by atoms with Crippen molar-refractivity contribution >= 4 is 11.6 Å². The second-order valence-electron chi connectivity index (χ2n) is 5.56. The van der Waals surface area contributed by atoms with E-state index in [9.17, 15) is 32.5 Å². The molecule has 1 amide bonds. The van der Waals surface area contributed by atoms with Gasteiger partial charge >= 0.3 is 6.18 Å². The van der Waals surface area contributed by atoms with Crippen LogP contribution >= 0.6 is 0 Å². The van der Waals surface area contributed by atoms with E-state index in [-0.39, 0.29) is 24.1 Å². The summed E-state index contributed by atoms with van der Waals surface area (Å²) in [5.74, 6) is -1.58. The predicted molar refractivity (Wildman–Crippen MR) is 85.3 cm³/mol. The molecule has 0 aliphatic carbocycles. The number of hydrogen-bond acceptors (Lipinski definition) is 3. The van der Waals surface area contributed by atoms with E-state index in [1.807, 2.05) is 0 Å². The van der Waals surface area contributed by atoms with E-state index in [1.54, 1.807) is 0 Å². The number of nitro benzene ring substituents is 1. The summed E-state index contributed by atoms with van der Waals surface area (Å²) in [5, 5.41) is 13.3. The number of nitrogens with one attached hydrogen (secondary N) is 1. The Morgan fingerprint density at radius 1 is 1.19 bits per heavy atom. The van der Waals surface area contributed by atoms with Crippen LogP contribution in [0.5, 0.6) is 0 Å².